The predicted molar refractivity (Wildman–Crippen MR) is 56.7 cm³/mol. The molecular weight excluding hydrogens is 208 g/mol. The summed E-state index contributed by atoms with van der Waals surface area (Å²) in [6.07, 6.45) is 0.689. The van der Waals surface area contributed by atoms with Gasteiger partial charge < -0.3 is 0 Å². The summed E-state index contributed by atoms with van der Waals surface area (Å²) >= 11 is 0. The molecule has 0 saturated carbocycles. The lowest BCUT2D eigenvalue weighted by atomic mass is 10.3. The highest BCUT2D eigenvalue weighted by Crippen LogP contribution is 2.19. The number of para-hydroxylation sites is 1. The van der Waals surface area contributed by atoms with E-state index in [2.05, 4.69) is 5.10 Å². The first-order chi connectivity index (χ1) is 7.69. The second-order valence-electron chi connectivity index (χ2n) is 3.14. The van der Waals surface area contributed by atoms with Crippen LogP contribution in [0.2, 0.25) is 0 Å². The Labute approximate surface area is 92.4 Å². The number of amides is 1. The van der Waals surface area contributed by atoms with Crippen LogP contribution in [0, 0.1) is 0 Å². The fourth-order valence-electron chi connectivity index (χ4n) is 1.33. The molecular formula is C11H10N2O3. The second kappa shape index (κ2) is 5.58. The molecule has 16 heavy (non-hydrogen) atoms. The number of carbonyl (C=O) groups is 1. The summed E-state index contributed by atoms with van der Waals surface area (Å²) in [5.41, 5.74) is 1.71. The molecule has 0 aliphatic carbocycles. The van der Waals surface area contributed by atoms with Gasteiger partial charge in [0.1, 0.15) is 0 Å². The van der Waals surface area contributed by atoms with Crippen molar-refractivity contribution in [2.24, 2.45) is 5.10 Å². The van der Waals surface area contributed by atoms with Crippen LogP contribution in [-0.2, 0) is 14.4 Å². The monoisotopic (exact) mass is 218 g/mol. The molecule has 1 aliphatic rings. The maximum absolute atomic E-state index is 11.4. The van der Waals surface area contributed by atoms with Gasteiger partial charge in [0.25, 0.3) is 5.91 Å². The van der Waals surface area contributed by atoms with Crippen molar-refractivity contribution in [1.29, 1.82) is 0 Å². The number of carbonyl (C=O) groups excluding carboxylic acids is 3. The third-order valence-corrected chi connectivity index (χ3v) is 1.91. The van der Waals surface area contributed by atoms with Crippen molar-refractivity contribution in [3.63, 3.8) is 0 Å². The summed E-state index contributed by atoms with van der Waals surface area (Å²) in [6.45, 7) is 1.86. The molecule has 0 radical (unpaired) electrons. The van der Waals surface area contributed by atoms with Crippen LogP contribution in [0.5, 0.6) is 0 Å². The lowest BCUT2D eigenvalue weighted by Gasteiger charge is -2.10. The summed E-state index contributed by atoms with van der Waals surface area (Å²) in [5.74, 6) is 0.0451. The summed E-state index contributed by atoms with van der Waals surface area (Å²) in [5, 5.41) is 5.59. The highest BCUT2D eigenvalue weighted by Gasteiger charge is 2.21. The SMILES string of the molecule is CC1=NN(c2ccccc2)C(=O)C1.O=C=O. The van der Waals surface area contributed by atoms with Crippen LogP contribution in [0.25, 0.3) is 0 Å². The number of anilines is 1. The molecule has 0 aromatic heterocycles. The van der Waals surface area contributed by atoms with Gasteiger partial charge in [0, 0.05) is 5.71 Å². The van der Waals surface area contributed by atoms with Crippen LogP contribution in [0.15, 0.2) is 35.4 Å². The maximum Gasteiger partial charge on any atom is 0.373 e. The van der Waals surface area contributed by atoms with E-state index >= 15 is 0 Å². The largest absolute Gasteiger partial charge is 0.373 e. The molecule has 0 unspecified atom stereocenters. The number of hydrogen-bond donors (Lipinski definition) is 0. The Bertz CT molecular complexity index is 434. The molecule has 5 nitrogen and oxygen atoms in total. The normalized spacial score (nSPS) is 13.7. The zero-order chi connectivity index (χ0) is 12.0. The Morgan fingerprint density at radius 3 is 2.25 bits per heavy atom. The van der Waals surface area contributed by atoms with Gasteiger partial charge in [-0.25, -0.2) is 5.01 Å². The molecule has 0 spiro atoms. The van der Waals surface area contributed by atoms with Crippen LogP contribution in [-0.4, -0.2) is 17.8 Å². The Hall–Kier alpha value is -2.26. The van der Waals surface area contributed by atoms with E-state index in [0.29, 0.717) is 6.42 Å². The van der Waals surface area contributed by atoms with Crippen LogP contribution < -0.4 is 5.01 Å². The number of rotatable bonds is 1. The van der Waals surface area contributed by atoms with E-state index in [0.717, 1.165) is 11.4 Å². The summed E-state index contributed by atoms with van der Waals surface area (Å²) < 4.78 is 0. The molecule has 0 atom stereocenters. The van der Waals surface area contributed by atoms with Crippen LogP contribution in [0.4, 0.5) is 5.69 Å². The van der Waals surface area contributed by atoms with Crippen molar-refractivity contribution in [2.45, 2.75) is 13.3 Å². The molecule has 82 valence electrons. The number of hydrazone groups is 1. The molecule has 5 heteroatoms. The highest BCUT2D eigenvalue weighted by molar-refractivity contribution is 6.12. The minimum Gasteiger partial charge on any atom is -0.272 e. The van der Waals surface area contributed by atoms with Gasteiger partial charge in [0.05, 0.1) is 12.1 Å². The minimum atomic E-state index is 0.0451. The van der Waals surface area contributed by atoms with Gasteiger partial charge in [-0.3, -0.25) is 4.79 Å². The zero-order valence-electron chi connectivity index (χ0n) is 8.71. The topological polar surface area (TPSA) is 66.8 Å². The number of nitrogens with zero attached hydrogens (tertiary/aromatic N) is 2. The van der Waals surface area contributed by atoms with E-state index in [4.69, 9.17) is 9.59 Å². The van der Waals surface area contributed by atoms with Crippen LogP contribution in [0.1, 0.15) is 13.3 Å². The quantitative estimate of drug-likeness (QED) is 0.711. The molecule has 1 aromatic carbocycles. The summed E-state index contributed by atoms with van der Waals surface area (Å²) in [7, 11) is 0. The molecule has 0 N–H and O–H groups in total. The fraction of sp³-hybridized carbons (Fsp3) is 0.182. The second-order valence-corrected chi connectivity index (χ2v) is 3.14. The Balaban J connectivity index is 0.000000386. The Kier molecular flexibility index (Phi) is 4.12. The average molecular weight is 218 g/mol. The fourth-order valence-corrected chi connectivity index (χ4v) is 1.33. The van der Waals surface area contributed by atoms with E-state index < -0.39 is 0 Å². The van der Waals surface area contributed by atoms with Gasteiger partial charge in [0.2, 0.25) is 0 Å². The van der Waals surface area contributed by atoms with Crippen molar-refractivity contribution in [3.8, 4) is 0 Å². The lowest BCUT2D eigenvalue weighted by molar-refractivity contribution is -0.191. The summed E-state index contributed by atoms with van der Waals surface area (Å²) in [4.78, 5) is 27.6. The van der Waals surface area contributed by atoms with E-state index in [1.54, 1.807) is 0 Å². The van der Waals surface area contributed by atoms with E-state index in [1.807, 2.05) is 37.3 Å². The van der Waals surface area contributed by atoms with Gasteiger partial charge in [-0.1, -0.05) is 18.2 Å². The van der Waals surface area contributed by atoms with Crippen molar-refractivity contribution < 1.29 is 14.4 Å². The average Bonchev–Trinajstić information content (AvgIpc) is 2.60. The zero-order valence-corrected chi connectivity index (χ0v) is 8.71. The van der Waals surface area contributed by atoms with Gasteiger partial charge in [0.15, 0.2) is 0 Å². The van der Waals surface area contributed by atoms with Gasteiger partial charge in [-0.15, -0.1) is 0 Å². The number of benzene rings is 1. The first-order valence-corrected chi connectivity index (χ1v) is 4.60. The standard InChI is InChI=1S/C10H10N2O.CO2/c1-8-7-10(13)12(11-8)9-5-3-2-4-6-9;2-1-3/h2-6H,7H2,1H3;. The third kappa shape index (κ3) is 2.87. The summed E-state index contributed by atoms with van der Waals surface area (Å²) in [6, 6.07) is 9.46. The molecule has 0 saturated heterocycles. The minimum absolute atomic E-state index is 0.0451. The van der Waals surface area contributed by atoms with Crippen LogP contribution >= 0.6 is 0 Å². The first-order valence-electron chi connectivity index (χ1n) is 4.60. The van der Waals surface area contributed by atoms with E-state index in [-0.39, 0.29) is 12.1 Å². The molecule has 1 heterocycles. The van der Waals surface area contributed by atoms with Crippen molar-refractivity contribution in [1.82, 2.24) is 0 Å². The van der Waals surface area contributed by atoms with Gasteiger partial charge in [-0.05, 0) is 19.1 Å². The Morgan fingerprint density at radius 2 is 1.81 bits per heavy atom. The molecule has 0 bridgehead atoms. The van der Waals surface area contributed by atoms with Crippen molar-refractivity contribution in [3.05, 3.63) is 30.3 Å². The molecule has 1 aromatic rings. The van der Waals surface area contributed by atoms with Crippen LogP contribution in [0.3, 0.4) is 0 Å². The maximum atomic E-state index is 11.4. The molecule has 1 aliphatic heterocycles. The Morgan fingerprint density at radius 1 is 1.25 bits per heavy atom. The van der Waals surface area contributed by atoms with Crippen molar-refractivity contribution in [2.75, 3.05) is 5.01 Å². The number of hydrogen-bond acceptors (Lipinski definition) is 4. The predicted octanol–water partition coefficient (Wildman–Crippen LogP) is 1.22. The van der Waals surface area contributed by atoms with E-state index in [9.17, 15) is 4.79 Å². The first kappa shape index (κ1) is 11.8. The molecule has 1 amide bonds. The highest BCUT2D eigenvalue weighted by atomic mass is 16.2. The third-order valence-electron chi connectivity index (χ3n) is 1.91. The molecule has 0 fully saturated rings. The van der Waals surface area contributed by atoms with E-state index in [1.165, 1.54) is 5.01 Å². The van der Waals surface area contributed by atoms with Crippen molar-refractivity contribution >= 4 is 23.5 Å². The van der Waals surface area contributed by atoms with Gasteiger partial charge in [-0.2, -0.15) is 14.7 Å². The van der Waals surface area contributed by atoms with Gasteiger partial charge >= 0.3 is 6.15 Å². The molecule has 2 rings (SSSR count). The lowest BCUT2D eigenvalue weighted by Crippen LogP contribution is -2.19. The smallest absolute Gasteiger partial charge is 0.272 e.